The van der Waals surface area contributed by atoms with Crippen molar-refractivity contribution in [2.45, 2.75) is 32.7 Å². The summed E-state index contributed by atoms with van der Waals surface area (Å²) in [7, 11) is 0. The van der Waals surface area contributed by atoms with Gasteiger partial charge >= 0.3 is 6.03 Å². The molecular formula is C21H26BrN5O. The molecule has 2 amide bonds. The Morgan fingerprint density at radius 2 is 2.07 bits per heavy atom. The highest BCUT2D eigenvalue weighted by Crippen LogP contribution is 2.27. The summed E-state index contributed by atoms with van der Waals surface area (Å²) in [5, 5.41) is 3.08. The maximum absolute atomic E-state index is 12.5. The Morgan fingerprint density at radius 1 is 1.21 bits per heavy atom. The fraction of sp³-hybridized carbons (Fsp3) is 0.429. The van der Waals surface area contributed by atoms with Crippen LogP contribution in [0.1, 0.15) is 26.7 Å². The van der Waals surface area contributed by atoms with Crippen LogP contribution in [0.5, 0.6) is 0 Å². The van der Waals surface area contributed by atoms with E-state index in [9.17, 15) is 4.79 Å². The predicted molar refractivity (Wildman–Crippen MR) is 117 cm³/mol. The minimum atomic E-state index is 0.0411. The maximum Gasteiger partial charge on any atom is 0.317 e. The van der Waals surface area contributed by atoms with Gasteiger partial charge in [0.2, 0.25) is 0 Å². The smallest absolute Gasteiger partial charge is 0.317 e. The van der Waals surface area contributed by atoms with Crippen molar-refractivity contribution in [2.24, 2.45) is 0 Å². The van der Waals surface area contributed by atoms with Crippen LogP contribution >= 0.6 is 15.9 Å². The molecule has 1 aliphatic heterocycles. The lowest BCUT2D eigenvalue weighted by atomic mass is 10.3. The molecule has 0 unspecified atom stereocenters. The van der Waals surface area contributed by atoms with E-state index in [0.29, 0.717) is 6.54 Å². The molecule has 7 heteroatoms. The number of rotatable bonds is 3. The Morgan fingerprint density at radius 3 is 2.89 bits per heavy atom. The van der Waals surface area contributed by atoms with Gasteiger partial charge in [0.15, 0.2) is 5.82 Å². The van der Waals surface area contributed by atoms with Gasteiger partial charge in [0.25, 0.3) is 0 Å². The lowest BCUT2D eigenvalue weighted by Gasteiger charge is -2.25. The Hall–Kier alpha value is -2.28. The molecule has 2 aromatic heterocycles. The van der Waals surface area contributed by atoms with E-state index in [0.717, 1.165) is 59.3 Å². The van der Waals surface area contributed by atoms with Gasteiger partial charge in [-0.25, -0.2) is 9.78 Å². The van der Waals surface area contributed by atoms with Crippen LogP contribution in [0.15, 0.2) is 41.0 Å². The number of carbonyl (C=O) groups is 1. The zero-order valence-electron chi connectivity index (χ0n) is 16.4. The number of aromatic nitrogens is 2. The zero-order valence-corrected chi connectivity index (χ0v) is 17.9. The van der Waals surface area contributed by atoms with Crippen molar-refractivity contribution < 1.29 is 4.79 Å². The number of benzene rings is 1. The predicted octanol–water partition coefficient (Wildman–Crippen LogP) is 4.27. The van der Waals surface area contributed by atoms with Crippen LogP contribution in [-0.2, 0) is 0 Å². The second kappa shape index (κ2) is 7.99. The Kier molecular flexibility index (Phi) is 5.44. The molecule has 28 heavy (non-hydrogen) atoms. The number of fused-ring (bicyclic) bond motifs is 3. The highest BCUT2D eigenvalue weighted by atomic mass is 79.9. The van der Waals surface area contributed by atoms with Crippen molar-refractivity contribution in [3.05, 3.63) is 41.0 Å². The topological polar surface area (TPSA) is 52.9 Å². The second-order valence-electron chi connectivity index (χ2n) is 7.42. The fourth-order valence-corrected chi connectivity index (χ4v) is 4.05. The van der Waals surface area contributed by atoms with E-state index >= 15 is 0 Å². The summed E-state index contributed by atoms with van der Waals surface area (Å²) in [6, 6.07) is 10.6. The third kappa shape index (κ3) is 3.68. The minimum absolute atomic E-state index is 0.0411. The summed E-state index contributed by atoms with van der Waals surface area (Å²) >= 11 is 3.56. The van der Waals surface area contributed by atoms with Crippen molar-refractivity contribution in [3.8, 4) is 0 Å². The van der Waals surface area contributed by atoms with Crippen LogP contribution in [-0.4, -0.2) is 52.5 Å². The molecule has 1 saturated heterocycles. The summed E-state index contributed by atoms with van der Waals surface area (Å²) in [6.45, 7) is 7.27. The van der Waals surface area contributed by atoms with Gasteiger partial charge in [-0.3, -0.25) is 0 Å². The number of amides is 2. The van der Waals surface area contributed by atoms with Gasteiger partial charge in [-0.1, -0.05) is 22.9 Å². The first-order valence-electron chi connectivity index (χ1n) is 9.93. The third-order valence-electron chi connectivity index (χ3n) is 5.47. The number of hydrogen-bond donors (Lipinski definition) is 1. The molecule has 1 atom stereocenters. The number of hydrogen-bond acceptors (Lipinski definition) is 3. The first kappa shape index (κ1) is 19.1. The Labute approximate surface area is 173 Å². The van der Waals surface area contributed by atoms with Crippen LogP contribution in [0, 0.1) is 0 Å². The van der Waals surface area contributed by atoms with E-state index in [1.54, 1.807) is 0 Å². The molecule has 1 fully saturated rings. The van der Waals surface area contributed by atoms with Gasteiger partial charge in [-0.05, 0) is 50.1 Å². The number of anilines is 1. The van der Waals surface area contributed by atoms with Crippen molar-refractivity contribution in [1.82, 2.24) is 19.6 Å². The number of nitrogens with zero attached hydrogens (tertiary/aromatic N) is 4. The maximum atomic E-state index is 12.5. The molecule has 6 nitrogen and oxygen atoms in total. The standard InChI is InChI=1S/C21H26BrN5O/c1-3-15(2)23-21(28)26-10-5-9-25(12-13-26)20-19-6-4-11-27(19)18-8-7-16(22)14-17(18)24-20/h4,6-8,11,14-15H,3,5,9-10,12-13H2,1-2H3,(H,23,28)/t15-/m0/s1. The first-order chi connectivity index (χ1) is 13.6. The van der Waals surface area contributed by atoms with Crippen LogP contribution in [0.4, 0.5) is 10.6 Å². The van der Waals surface area contributed by atoms with Crippen LogP contribution in [0.3, 0.4) is 0 Å². The van der Waals surface area contributed by atoms with Crippen molar-refractivity contribution >= 4 is 44.3 Å². The van der Waals surface area contributed by atoms with E-state index in [4.69, 9.17) is 4.98 Å². The lowest BCUT2D eigenvalue weighted by molar-refractivity contribution is 0.198. The van der Waals surface area contributed by atoms with Gasteiger partial charge in [-0.15, -0.1) is 0 Å². The summed E-state index contributed by atoms with van der Waals surface area (Å²) < 4.78 is 3.22. The second-order valence-corrected chi connectivity index (χ2v) is 8.33. The fourth-order valence-electron chi connectivity index (χ4n) is 3.70. The van der Waals surface area contributed by atoms with Crippen LogP contribution < -0.4 is 10.2 Å². The molecule has 0 aliphatic carbocycles. The van der Waals surface area contributed by atoms with Gasteiger partial charge in [0, 0.05) is 42.9 Å². The van der Waals surface area contributed by atoms with Crippen LogP contribution in [0.2, 0.25) is 0 Å². The number of nitrogens with one attached hydrogen (secondary N) is 1. The average molecular weight is 444 g/mol. The van der Waals surface area contributed by atoms with E-state index in [-0.39, 0.29) is 12.1 Å². The Balaban J connectivity index is 1.61. The number of halogens is 1. The molecule has 0 spiro atoms. The molecule has 1 aliphatic rings. The molecule has 0 bridgehead atoms. The number of urea groups is 1. The normalized spacial score (nSPS) is 16.4. The van der Waals surface area contributed by atoms with Crippen molar-refractivity contribution in [1.29, 1.82) is 0 Å². The summed E-state index contributed by atoms with van der Waals surface area (Å²) in [6.07, 6.45) is 3.95. The molecule has 0 saturated carbocycles. The summed E-state index contributed by atoms with van der Waals surface area (Å²) in [4.78, 5) is 21.7. The largest absolute Gasteiger partial charge is 0.353 e. The zero-order chi connectivity index (χ0) is 19.7. The Bertz CT molecular complexity index is 1000. The van der Waals surface area contributed by atoms with E-state index in [1.165, 1.54) is 0 Å². The van der Waals surface area contributed by atoms with Gasteiger partial charge in [-0.2, -0.15) is 0 Å². The van der Waals surface area contributed by atoms with Gasteiger partial charge < -0.3 is 19.5 Å². The van der Waals surface area contributed by atoms with Crippen molar-refractivity contribution in [3.63, 3.8) is 0 Å². The highest BCUT2D eigenvalue weighted by Gasteiger charge is 2.22. The molecule has 1 aromatic carbocycles. The first-order valence-corrected chi connectivity index (χ1v) is 10.7. The third-order valence-corrected chi connectivity index (χ3v) is 5.96. The minimum Gasteiger partial charge on any atom is -0.353 e. The molecular weight excluding hydrogens is 418 g/mol. The highest BCUT2D eigenvalue weighted by molar-refractivity contribution is 9.10. The quantitative estimate of drug-likeness (QED) is 0.657. The lowest BCUT2D eigenvalue weighted by Crippen LogP contribution is -2.45. The average Bonchev–Trinajstić information content (AvgIpc) is 3.04. The number of carbonyl (C=O) groups excluding carboxylic acids is 1. The van der Waals surface area contributed by atoms with Crippen LogP contribution in [0.25, 0.3) is 16.6 Å². The van der Waals surface area contributed by atoms with E-state index < -0.39 is 0 Å². The van der Waals surface area contributed by atoms with E-state index in [1.807, 2.05) is 17.9 Å². The molecule has 3 aromatic rings. The van der Waals surface area contributed by atoms with E-state index in [2.05, 4.69) is 67.9 Å². The summed E-state index contributed by atoms with van der Waals surface area (Å²) in [5.74, 6) is 0.986. The molecule has 4 rings (SSSR count). The van der Waals surface area contributed by atoms with Gasteiger partial charge in [0.05, 0.1) is 16.6 Å². The van der Waals surface area contributed by atoms with Crippen molar-refractivity contribution in [2.75, 3.05) is 31.1 Å². The SMILES string of the molecule is CC[C@H](C)NC(=O)N1CCCN(c2nc3cc(Br)ccc3n3cccc23)CC1. The molecule has 3 heterocycles. The summed E-state index contributed by atoms with van der Waals surface area (Å²) in [5.41, 5.74) is 3.16. The van der Waals surface area contributed by atoms with Gasteiger partial charge in [0.1, 0.15) is 0 Å². The molecule has 1 N–H and O–H groups in total. The molecule has 148 valence electrons. The molecule has 0 radical (unpaired) electrons. The monoisotopic (exact) mass is 443 g/mol.